The molecule has 21 heavy (non-hydrogen) atoms. The molecule has 0 radical (unpaired) electrons. The fraction of sp³-hybridized carbons (Fsp3) is 0.286. The molecule has 0 saturated heterocycles. The molecule has 0 saturated carbocycles. The molecule has 1 aromatic heterocycles. The minimum absolute atomic E-state index is 0.0264. The Labute approximate surface area is 135 Å². The van der Waals surface area contributed by atoms with E-state index in [1.807, 2.05) is 19.1 Å². The maximum atomic E-state index is 11.0. The van der Waals surface area contributed by atoms with Gasteiger partial charge >= 0.3 is 0 Å². The maximum absolute atomic E-state index is 11.0. The Bertz CT molecular complexity index is 630. The van der Waals surface area contributed by atoms with Crippen molar-refractivity contribution < 1.29 is 9.66 Å². The number of halogens is 1. The first-order chi connectivity index (χ1) is 10.1. The SMILES string of the molecule is CCCOc1cc(NCc2ccc(Br)s2)cc([N+](=O)[O-])c1. The van der Waals surface area contributed by atoms with Crippen LogP contribution in [0.4, 0.5) is 11.4 Å². The molecule has 112 valence electrons. The van der Waals surface area contributed by atoms with Gasteiger partial charge in [0, 0.05) is 29.2 Å². The summed E-state index contributed by atoms with van der Waals surface area (Å²) in [7, 11) is 0. The van der Waals surface area contributed by atoms with Gasteiger partial charge in [-0.05, 0) is 34.5 Å². The number of thiophene rings is 1. The van der Waals surface area contributed by atoms with Gasteiger partial charge in [-0.25, -0.2) is 0 Å². The highest BCUT2D eigenvalue weighted by atomic mass is 79.9. The molecule has 2 rings (SSSR count). The van der Waals surface area contributed by atoms with Crippen molar-refractivity contribution in [1.82, 2.24) is 0 Å². The molecular formula is C14H15BrN2O3S. The van der Waals surface area contributed by atoms with Crippen LogP contribution >= 0.6 is 27.3 Å². The number of rotatable bonds is 7. The molecule has 0 aliphatic rings. The molecule has 0 fully saturated rings. The Hall–Kier alpha value is -1.60. The molecule has 1 aromatic carbocycles. The van der Waals surface area contributed by atoms with Gasteiger partial charge in [0.2, 0.25) is 0 Å². The van der Waals surface area contributed by atoms with Crippen molar-refractivity contribution in [3.8, 4) is 5.75 Å². The van der Waals surface area contributed by atoms with Crippen LogP contribution in [0.3, 0.4) is 0 Å². The Morgan fingerprint density at radius 3 is 2.81 bits per heavy atom. The minimum Gasteiger partial charge on any atom is -0.493 e. The Balaban J connectivity index is 2.12. The van der Waals surface area contributed by atoms with E-state index in [1.165, 1.54) is 12.1 Å². The summed E-state index contributed by atoms with van der Waals surface area (Å²) in [4.78, 5) is 11.7. The topological polar surface area (TPSA) is 64.4 Å². The van der Waals surface area contributed by atoms with E-state index in [4.69, 9.17) is 4.74 Å². The predicted molar refractivity (Wildman–Crippen MR) is 88.2 cm³/mol. The lowest BCUT2D eigenvalue weighted by molar-refractivity contribution is -0.384. The summed E-state index contributed by atoms with van der Waals surface area (Å²) in [6, 6.07) is 8.73. The minimum atomic E-state index is -0.411. The van der Waals surface area contributed by atoms with Crippen LogP contribution in [0.2, 0.25) is 0 Å². The van der Waals surface area contributed by atoms with Crippen LogP contribution in [0.15, 0.2) is 34.1 Å². The zero-order chi connectivity index (χ0) is 15.2. The second-order valence-corrected chi connectivity index (χ2v) is 6.93. The van der Waals surface area contributed by atoms with Crippen LogP contribution in [-0.2, 0) is 6.54 Å². The van der Waals surface area contributed by atoms with Crippen LogP contribution < -0.4 is 10.1 Å². The summed E-state index contributed by atoms with van der Waals surface area (Å²) in [6.45, 7) is 3.15. The molecular weight excluding hydrogens is 356 g/mol. The van der Waals surface area contributed by atoms with E-state index in [-0.39, 0.29) is 5.69 Å². The Morgan fingerprint density at radius 2 is 2.19 bits per heavy atom. The van der Waals surface area contributed by atoms with Crippen LogP contribution in [-0.4, -0.2) is 11.5 Å². The number of benzene rings is 1. The molecule has 7 heteroatoms. The highest BCUT2D eigenvalue weighted by Gasteiger charge is 2.11. The molecule has 0 atom stereocenters. The number of hydrogen-bond acceptors (Lipinski definition) is 5. The van der Waals surface area contributed by atoms with Gasteiger partial charge in [-0.1, -0.05) is 6.92 Å². The fourth-order valence-corrected chi connectivity index (χ4v) is 3.15. The quantitative estimate of drug-likeness (QED) is 0.560. The van der Waals surface area contributed by atoms with Crippen molar-refractivity contribution in [1.29, 1.82) is 0 Å². The highest BCUT2D eigenvalue weighted by Crippen LogP contribution is 2.28. The third kappa shape index (κ3) is 4.71. The number of nitrogens with one attached hydrogen (secondary N) is 1. The smallest absolute Gasteiger partial charge is 0.275 e. The first kappa shape index (κ1) is 15.8. The third-order valence-corrected chi connectivity index (χ3v) is 4.29. The van der Waals surface area contributed by atoms with Crippen molar-refractivity contribution in [3.63, 3.8) is 0 Å². The number of anilines is 1. The zero-order valence-corrected chi connectivity index (χ0v) is 13.9. The normalized spacial score (nSPS) is 10.4. The summed E-state index contributed by atoms with van der Waals surface area (Å²) in [5, 5.41) is 14.2. The fourth-order valence-electron chi connectivity index (χ4n) is 1.73. The van der Waals surface area contributed by atoms with Crippen LogP contribution in [0.25, 0.3) is 0 Å². The Morgan fingerprint density at radius 1 is 1.38 bits per heavy atom. The lowest BCUT2D eigenvalue weighted by Crippen LogP contribution is -2.01. The van der Waals surface area contributed by atoms with Gasteiger partial charge in [0.25, 0.3) is 5.69 Å². The van der Waals surface area contributed by atoms with Crippen molar-refractivity contribution >= 4 is 38.6 Å². The van der Waals surface area contributed by atoms with Gasteiger partial charge in [-0.3, -0.25) is 10.1 Å². The molecule has 5 nitrogen and oxygen atoms in total. The molecule has 0 amide bonds. The summed E-state index contributed by atoms with van der Waals surface area (Å²) < 4.78 is 6.55. The Kier molecular flexibility index (Phi) is 5.58. The number of nitro benzene ring substituents is 1. The summed E-state index contributed by atoms with van der Waals surface area (Å²) in [5.74, 6) is 0.515. The van der Waals surface area contributed by atoms with Crippen molar-refractivity contribution in [2.24, 2.45) is 0 Å². The van der Waals surface area contributed by atoms with E-state index < -0.39 is 4.92 Å². The van der Waals surface area contributed by atoms with Gasteiger partial charge in [0.1, 0.15) is 5.75 Å². The summed E-state index contributed by atoms with van der Waals surface area (Å²) >= 11 is 5.04. The first-order valence-electron chi connectivity index (χ1n) is 6.49. The van der Waals surface area contributed by atoms with Gasteiger partial charge in [0.05, 0.1) is 21.4 Å². The van der Waals surface area contributed by atoms with Crippen molar-refractivity contribution in [2.75, 3.05) is 11.9 Å². The first-order valence-corrected chi connectivity index (χ1v) is 8.10. The van der Waals surface area contributed by atoms with Crippen LogP contribution in [0.5, 0.6) is 5.75 Å². The van der Waals surface area contributed by atoms with Gasteiger partial charge in [-0.15, -0.1) is 11.3 Å². The molecule has 0 spiro atoms. The third-order valence-electron chi connectivity index (χ3n) is 2.67. The average molecular weight is 371 g/mol. The summed E-state index contributed by atoms with van der Waals surface area (Å²) in [5.41, 5.74) is 0.707. The highest BCUT2D eigenvalue weighted by molar-refractivity contribution is 9.11. The van der Waals surface area contributed by atoms with E-state index in [9.17, 15) is 10.1 Å². The maximum Gasteiger partial charge on any atom is 0.275 e. The molecule has 2 aromatic rings. The summed E-state index contributed by atoms with van der Waals surface area (Å²) in [6.07, 6.45) is 0.856. The molecule has 0 unspecified atom stereocenters. The second-order valence-electron chi connectivity index (χ2n) is 4.38. The van der Waals surface area contributed by atoms with E-state index in [1.54, 1.807) is 17.4 Å². The van der Waals surface area contributed by atoms with Crippen molar-refractivity contribution in [3.05, 3.63) is 49.1 Å². The largest absolute Gasteiger partial charge is 0.493 e. The van der Waals surface area contributed by atoms with E-state index in [0.29, 0.717) is 24.6 Å². The molecule has 0 aliphatic heterocycles. The molecule has 0 bridgehead atoms. The van der Waals surface area contributed by atoms with Gasteiger partial charge in [-0.2, -0.15) is 0 Å². The van der Waals surface area contributed by atoms with E-state index in [0.717, 1.165) is 15.1 Å². The van der Waals surface area contributed by atoms with E-state index >= 15 is 0 Å². The van der Waals surface area contributed by atoms with Crippen LogP contribution in [0, 0.1) is 10.1 Å². The number of nitro groups is 1. The number of nitrogens with zero attached hydrogens (tertiary/aromatic N) is 1. The van der Waals surface area contributed by atoms with Crippen LogP contribution in [0.1, 0.15) is 18.2 Å². The van der Waals surface area contributed by atoms with E-state index in [2.05, 4.69) is 21.2 Å². The van der Waals surface area contributed by atoms with Gasteiger partial charge < -0.3 is 10.1 Å². The monoisotopic (exact) mass is 370 g/mol. The molecule has 1 N–H and O–H groups in total. The predicted octanol–water partition coefficient (Wildman–Crippen LogP) is 4.82. The number of hydrogen-bond donors (Lipinski definition) is 1. The average Bonchev–Trinajstić information content (AvgIpc) is 2.88. The number of ether oxygens (including phenoxy) is 1. The van der Waals surface area contributed by atoms with Gasteiger partial charge in [0.15, 0.2) is 0 Å². The number of non-ortho nitro benzene ring substituents is 1. The molecule has 1 heterocycles. The standard InChI is InChI=1S/C14H15BrN2O3S/c1-2-5-20-12-7-10(6-11(8-12)17(18)19)16-9-13-3-4-14(15)21-13/h3-4,6-8,16H,2,5,9H2,1H3. The lowest BCUT2D eigenvalue weighted by atomic mass is 10.2. The lowest BCUT2D eigenvalue weighted by Gasteiger charge is -2.09. The zero-order valence-electron chi connectivity index (χ0n) is 11.5. The van der Waals surface area contributed by atoms with Crippen molar-refractivity contribution in [2.45, 2.75) is 19.9 Å². The molecule has 0 aliphatic carbocycles. The second kappa shape index (κ2) is 7.42.